The van der Waals surface area contributed by atoms with Gasteiger partial charge in [0.15, 0.2) is 9.84 Å². The summed E-state index contributed by atoms with van der Waals surface area (Å²) in [6.45, 7) is 6.14. The standard InChI is InChI=1S/C10H18N2O2S2/c1-4-16(13,14)7-8(2)11-5-10-6-15-9(3)12-10/h6,8,11H,4-5,7H2,1-3H3. The molecule has 1 atom stereocenters. The van der Waals surface area contributed by atoms with Gasteiger partial charge in [-0.1, -0.05) is 6.92 Å². The van der Waals surface area contributed by atoms with Crippen molar-refractivity contribution in [2.45, 2.75) is 33.4 Å². The largest absolute Gasteiger partial charge is 0.308 e. The van der Waals surface area contributed by atoms with Crippen LogP contribution in [0.15, 0.2) is 5.38 Å². The van der Waals surface area contributed by atoms with Gasteiger partial charge in [0.2, 0.25) is 0 Å². The molecule has 0 fully saturated rings. The summed E-state index contributed by atoms with van der Waals surface area (Å²) < 4.78 is 22.7. The molecule has 0 radical (unpaired) electrons. The Morgan fingerprint density at radius 2 is 2.25 bits per heavy atom. The van der Waals surface area contributed by atoms with Crippen LogP contribution in [0.2, 0.25) is 0 Å². The smallest absolute Gasteiger partial charge is 0.151 e. The van der Waals surface area contributed by atoms with Crippen LogP contribution in [0.5, 0.6) is 0 Å². The lowest BCUT2D eigenvalue weighted by Crippen LogP contribution is -2.33. The summed E-state index contributed by atoms with van der Waals surface area (Å²) >= 11 is 1.60. The Balaban J connectivity index is 2.39. The zero-order chi connectivity index (χ0) is 12.2. The third kappa shape index (κ3) is 4.59. The van der Waals surface area contributed by atoms with Crippen LogP contribution in [-0.4, -0.2) is 30.9 Å². The van der Waals surface area contributed by atoms with E-state index >= 15 is 0 Å². The molecule has 92 valence electrons. The van der Waals surface area contributed by atoms with E-state index < -0.39 is 9.84 Å². The Labute approximate surface area is 101 Å². The molecule has 0 aliphatic carbocycles. The molecule has 1 rings (SSSR count). The minimum absolute atomic E-state index is 0.0352. The fraction of sp³-hybridized carbons (Fsp3) is 0.700. The number of rotatable bonds is 6. The van der Waals surface area contributed by atoms with Gasteiger partial charge < -0.3 is 5.32 Å². The van der Waals surface area contributed by atoms with Crippen molar-refractivity contribution in [2.75, 3.05) is 11.5 Å². The Kier molecular flexibility index (Phi) is 4.89. The second kappa shape index (κ2) is 5.75. The molecule has 1 heterocycles. The highest BCUT2D eigenvalue weighted by atomic mass is 32.2. The summed E-state index contributed by atoms with van der Waals surface area (Å²) in [5, 5.41) is 6.19. The molecule has 0 spiro atoms. The molecule has 4 nitrogen and oxygen atoms in total. The second-order valence-electron chi connectivity index (χ2n) is 3.84. The molecule has 1 unspecified atom stereocenters. The van der Waals surface area contributed by atoms with Crippen LogP contribution >= 0.6 is 11.3 Å². The molecule has 1 aromatic heterocycles. The van der Waals surface area contributed by atoms with Crippen LogP contribution in [0.4, 0.5) is 0 Å². The van der Waals surface area contributed by atoms with Gasteiger partial charge in [-0.25, -0.2) is 13.4 Å². The van der Waals surface area contributed by atoms with Gasteiger partial charge in [0.05, 0.1) is 16.5 Å². The first-order valence-corrected chi connectivity index (χ1v) is 7.98. The van der Waals surface area contributed by atoms with E-state index in [4.69, 9.17) is 0 Å². The van der Waals surface area contributed by atoms with Gasteiger partial charge in [0, 0.05) is 23.7 Å². The molecule has 6 heteroatoms. The average molecular weight is 262 g/mol. The first-order chi connectivity index (χ1) is 7.43. The predicted molar refractivity (Wildman–Crippen MR) is 67.5 cm³/mol. The van der Waals surface area contributed by atoms with E-state index in [-0.39, 0.29) is 17.5 Å². The highest BCUT2D eigenvalue weighted by molar-refractivity contribution is 7.91. The highest BCUT2D eigenvalue weighted by Gasteiger charge is 2.13. The zero-order valence-corrected chi connectivity index (χ0v) is 11.5. The molecule has 1 N–H and O–H groups in total. The molecule has 0 aliphatic heterocycles. The Hall–Kier alpha value is -0.460. The summed E-state index contributed by atoms with van der Waals surface area (Å²) in [4.78, 5) is 4.31. The number of thiazole rings is 1. The quantitative estimate of drug-likeness (QED) is 0.841. The minimum atomic E-state index is -2.90. The first-order valence-electron chi connectivity index (χ1n) is 5.27. The lowest BCUT2D eigenvalue weighted by atomic mass is 10.3. The summed E-state index contributed by atoms with van der Waals surface area (Å²) in [6.07, 6.45) is 0. The molecule has 0 saturated carbocycles. The van der Waals surface area contributed by atoms with Crippen molar-refractivity contribution in [3.05, 3.63) is 16.1 Å². The van der Waals surface area contributed by atoms with Gasteiger partial charge in [0.25, 0.3) is 0 Å². The van der Waals surface area contributed by atoms with E-state index in [9.17, 15) is 8.42 Å². The topological polar surface area (TPSA) is 59.1 Å². The number of nitrogens with one attached hydrogen (secondary N) is 1. The maximum absolute atomic E-state index is 11.4. The highest BCUT2D eigenvalue weighted by Crippen LogP contribution is 2.07. The van der Waals surface area contributed by atoms with Crippen LogP contribution in [0.25, 0.3) is 0 Å². The summed E-state index contributed by atoms with van der Waals surface area (Å²) in [5.41, 5.74) is 0.975. The normalized spacial score (nSPS) is 13.9. The Morgan fingerprint density at radius 3 is 2.75 bits per heavy atom. The van der Waals surface area contributed by atoms with Gasteiger partial charge in [0.1, 0.15) is 0 Å². The number of sulfone groups is 1. The fourth-order valence-electron chi connectivity index (χ4n) is 1.33. The third-order valence-corrected chi connectivity index (χ3v) is 4.95. The van der Waals surface area contributed by atoms with Crippen molar-refractivity contribution in [3.8, 4) is 0 Å². The molecule has 16 heavy (non-hydrogen) atoms. The van der Waals surface area contributed by atoms with Crippen molar-refractivity contribution >= 4 is 21.2 Å². The van der Waals surface area contributed by atoms with Crippen LogP contribution < -0.4 is 5.32 Å². The molecule has 0 aliphatic rings. The summed E-state index contributed by atoms with van der Waals surface area (Å²) in [6, 6.07) is -0.0352. The van der Waals surface area contributed by atoms with E-state index in [1.54, 1.807) is 18.3 Å². The molecular weight excluding hydrogens is 244 g/mol. The van der Waals surface area contributed by atoms with Crippen LogP contribution in [0, 0.1) is 6.92 Å². The number of hydrogen-bond acceptors (Lipinski definition) is 5. The number of nitrogens with zero attached hydrogens (tertiary/aromatic N) is 1. The van der Waals surface area contributed by atoms with Crippen LogP contribution in [0.1, 0.15) is 24.5 Å². The van der Waals surface area contributed by atoms with Gasteiger partial charge in [-0.05, 0) is 13.8 Å². The molecule has 0 saturated heterocycles. The average Bonchev–Trinajstić information content (AvgIpc) is 2.61. The predicted octanol–water partition coefficient (Wildman–Crippen LogP) is 1.36. The zero-order valence-electron chi connectivity index (χ0n) is 9.86. The summed E-state index contributed by atoms with van der Waals surface area (Å²) in [5.74, 6) is 0.390. The molecule has 0 bridgehead atoms. The molecule has 1 aromatic rings. The molecular formula is C10H18N2O2S2. The van der Waals surface area contributed by atoms with E-state index in [2.05, 4.69) is 10.3 Å². The number of aryl methyl sites for hydroxylation is 1. The van der Waals surface area contributed by atoms with Crippen LogP contribution in [0.3, 0.4) is 0 Å². The van der Waals surface area contributed by atoms with E-state index in [0.29, 0.717) is 6.54 Å². The van der Waals surface area contributed by atoms with E-state index in [1.165, 1.54) is 0 Å². The third-order valence-electron chi connectivity index (χ3n) is 2.24. The summed E-state index contributed by atoms with van der Waals surface area (Å²) in [7, 11) is -2.90. The van der Waals surface area contributed by atoms with Crippen molar-refractivity contribution in [1.82, 2.24) is 10.3 Å². The second-order valence-corrected chi connectivity index (χ2v) is 7.30. The number of hydrogen-bond donors (Lipinski definition) is 1. The monoisotopic (exact) mass is 262 g/mol. The van der Waals surface area contributed by atoms with Gasteiger partial charge >= 0.3 is 0 Å². The van der Waals surface area contributed by atoms with E-state index in [1.807, 2.05) is 19.2 Å². The van der Waals surface area contributed by atoms with Gasteiger partial charge in [-0.15, -0.1) is 11.3 Å². The van der Waals surface area contributed by atoms with E-state index in [0.717, 1.165) is 10.7 Å². The van der Waals surface area contributed by atoms with Crippen molar-refractivity contribution in [3.63, 3.8) is 0 Å². The maximum atomic E-state index is 11.4. The van der Waals surface area contributed by atoms with Crippen molar-refractivity contribution in [1.29, 1.82) is 0 Å². The minimum Gasteiger partial charge on any atom is -0.308 e. The molecule has 0 amide bonds. The lowest BCUT2D eigenvalue weighted by Gasteiger charge is -2.12. The SMILES string of the molecule is CCS(=O)(=O)CC(C)NCc1csc(C)n1. The van der Waals surface area contributed by atoms with Gasteiger partial charge in [-0.3, -0.25) is 0 Å². The fourth-order valence-corrected chi connectivity index (χ4v) is 3.05. The lowest BCUT2D eigenvalue weighted by molar-refractivity contribution is 0.554. The van der Waals surface area contributed by atoms with Gasteiger partial charge in [-0.2, -0.15) is 0 Å². The molecule has 0 aromatic carbocycles. The number of aromatic nitrogens is 1. The Morgan fingerprint density at radius 1 is 1.56 bits per heavy atom. The Bertz CT molecular complexity index is 426. The van der Waals surface area contributed by atoms with Crippen LogP contribution in [-0.2, 0) is 16.4 Å². The van der Waals surface area contributed by atoms with Crippen molar-refractivity contribution < 1.29 is 8.42 Å². The maximum Gasteiger partial charge on any atom is 0.151 e. The van der Waals surface area contributed by atoms with Crippen molar-refractivity contribution in [2.24, 2.45) is 0 Å². The first kappa shape index (κ1) is 13.6.